The quantitative estimate of drug-likeness (QED) is 0.763. The summed E-state index contributed by atoms with van der Waals surface area (Å²) in [6, 6.07) is 8.11. The molecule has 0 heterocycles. The Kier molecular flexibility index (Phi) is 5.89. The van der Waals surface area contributed by atoms with E-state index in [4.69, 9.17) is 0 Å². The minimum Gasteiger partial charge on any atom is -0.337 e. The molecule has 0 fully saturated rings. The molecule has 1 atom stereocenters. The monoisotopic (exact) mass is 338 g/mol. The summed E-state index contributed by atoms with van der Waals surface area (Å²) in [4.78, 5) is 12.3. The minimum absolute atomic E-state index is 0.150. The van der Waals surface area contributed by atoms with Crippen LogP contribution in [0.15, 0.2) is 24.3 Å². The molecule has 0 aliphatic rings. The molecule has 0 saturated heterocycles. The molecule has 2 aromatic carbocycles. The molecular formula is C22H30N2O. The number of nitrogens with one attached hydrogen (secondary N) is 2. The summed E-state index contributed by atoms with van der Waals surface area (Å²) < 4.78 is 0. The highest BCUT2D eigenvalue weighted by molar-refractivity contribution is 5.91. The minimum atomic E-state index is -0.150. The van der Waals surface area contributed by atoms with Crippen LogP contribution in [0.4, 0.5) is 10.5 Å². The summed E-state index contributed by atoms with van der Waals surface area (Å²) in [5.74, 6) is 0.267. The molecule has 3 nitrogen and oxygen atoms in total. The first-order chi connectivity index (χ1) is 11.7. The number of benzene rings is 2. The van der Waals surface area contributed by atoms with Gasteiger partial charge in [-0.2, -0.15) is 0 Å². The third kappa shape index (κ3) is 4.22. The Labute approximate surface area is 151 Å². The van der Waals surface area contributed by atoms with Crippen molar-refractivity contribution in [1.82, 2.24) is 5.32 Å². The summed E-state index contributed by atoms with van der Waals surface area (Å²) in [5, 5.41) is 6.01. The lowest BCUT2D eigenvalue weighted by atomic mass is 9.87. The van der Waals surface area contributed by atoms with Crippen molar-refractivity contribution in [2.24, 2.45) is 0 Å². The smallest absolute Gasteiger partial charge is 0.319 e. The fourth-order valence-electron chi connectivity index (χ4n) is 3.58. The summed E-state index contributed by atoms with van der Waals surface area (Å²) in [7, 11) is 0. The first-order valence-electron chi connectivity index (χ1n) is 8.90. The Bertz CT molecular complexity index is 773. The molecule has 0 spiro atoms. The standard InChI is InChI=1S/C22H30N2O/c1-13-9-8-10-14(2)21(13)24-22(25)23-12-17(5)20-16(4)11-15(3)18(6)19(20)7/h8-11,17H,12H2,1-7H3,(H2,23,24,25). The predicted octanol–water partition coefficient (Wildman–Crippen LogP) is 5.46. The number of para-hydroxylation sites is 1. The topological polar surface area (TPSA) is 41.1 Å². The van der Waals surface area contributed by atoms with Gasteiger partial charge >= 0.3 is 6.03 Å². The van der Waals surface area contributed by atoms with E-state index in [1.807, 2.05) is 32.0 Å². The van der Waals surface area contributed by atoms with E-state index in [1.54, 1.807) is 0 Å². The van der Waals surface area contributed by atoms with Crippen molar-refractivity contribution < 1.29 is 4.79 Å². The van der Waals surface area contributed by atoms with Crippen LogP contribution >= 0.6 is 0 Å². The molecule has 25 heavy (non-hydrogen) atoms. The van der Waals surface area contributed by atoms with Gasteiger partial charge in [-0.25, -0.2) is 4.79 Å². The zero-order chi connectivity index (χ0) is 18.7. The molecule has 2 aromatic rings. The van der Waals surface area contributed by atoms with Gasteiger partial charge < -0.3 is 10.6 Å². The second-order valence-corrected chi connectivity index (χ2v) is 7.18. The van der Waals surface area contributed by atoms with Gasteiger partial charge in [0.05, 0.1) is 0 Å². The zero-order valence-corrected chi connectivity index (χ0v) is 16.5. The summed E-state index contributed by atoms with van der Waals surface area (Å²) in [6.07, 6.45) is 0. The summed E-state index contributed by atoms with van der Waals surface area (Å²) in [5.41, 5.74) is 9.68. The van der Waals surface area contributed by atoms with Crippen LogP contribution in [0.5, 0.6) is 0 Å². The van der Waals surface area contributed by atoms with E-state index in [-0.39, 0.29) is 11.9 Å². The van der Waals surface area contributed by atoms with Crippen molar-refractivity contribution in [2.75, 3.05) is 11.9 Å². The first kappa shape index (κ1) is 19.0. The highest BCUT2D eigenvalue weighted by Crippen LogP contribution is 2.28. The second kappa shape index (κ2) is 7.73. The maximum absolute atomic E-state index is 12.3. The van der Waals surface area contributed by atoms with E-state index in [2.05, 4.69) is 51.3 Å². The molecule has 1 unspecified atom stereocenters. The number of urea groups is 1. The Morgan fingerprint density at radius 3 is 2.12 bits per heavy atom. The van der Waals surface area contributed by atoms with Gasteiger partial charge in [0, 0.05) is 12.2 Å². The number of hydrogen-bond acceptors (Lipinski definition) is 1. The molecule has 2 amide bonds. The number of hydrogen-bond donors (Lipinski definition) is 2. The third-order valence-corrected chi connectivity index (χ3v) is 5.20. The third-order valence-electron chi connectivity index (χ3n) is 5.20. The van der Waals surface area contributed by atoms with Crippen LogP contribution in [0.25, 0.3) is 0 Å². The number of carbonyl (C=O) groups excluding carboxylic acids is 1. The fraction of sp³-hybridized carbons (Fsp3) is 0.409. The maximum atomic E-state index is 12.3. The average molecular weight is 338 g/mol. The van der Waals surface area contributed by atoms with E-state index in [1.165, 1.54) is 27.8 Å². The van der Waals surface area contributed by atoms with Crippen molar-refractivity contribution in [1.29, 1.82) is 0 Å². The second-order valence-electron chi connectivity index (χ2n) is 7.18. The van der Waals surface area contributed by atoms with Gasteiger partial charge in [0.2, 0.25) is 0 Å². The molecule has 2 rings (SSSR count). The molecule has 0 aliphatic heterocycles. The van der Waals surface area contributed by atoms with E-state index in [9.17, 15) is 4.79 Å². The SMILES string of the molecule is Cc1cc(C)c(C(C)CNC(=O)Nc2c(C)cccc2C)c(C)c1C. The largest absolute Gasteiger partial charge is 0.337 e. The Morgan fingerprint density at radius 2 is 1.52 bits per heavy atom. The molecule has 3 heteroatoms. The van der Waals surface area contributed by atoms with Gasteiger partial charge in [0.1, 0.15) is 0 Å². The van der Waals surface area contributed by atoms with Crippen LogP contribution in [-0.2, 0) is 0 Å². The van der Waals surface area contributed by atoms with Crippen LogP contribution in [0, 0.1) is 41.5 Å². The lowest BCUT2D eigenvalue weighted by molar-refractivity contribution is 0.251. The predicted molar refractivity (Wildman–Crippen MR) is 107 cm³/mol. The van der Waals surface area contributed by atoms with Crippen molar-refractivity contribution in [3.8, 4) is 0 Å². The van der Waals surface area contributed by atoms with Crippen LogP contribution in [0.2, 0.25) is 0 Å². The van der Waals surface area contributed by atoms with Crippen LogP contribution in [0.3, 0.4) is 0 Å². The van der Waals surface area contributed by atoms with Gasteiger partial charge in [-0.3, -0.25) is 0 Å². The highest BCUT2D eigenvalue weighted by atomic mass is 16.2. The Balaban J connectivity index is 2.07. The van der Waals surface area contributed by atoms with Crippen LogP contribution in [-0.4, -0.2) is 12.6 Å². The molecule has 0 saturated carbocycles. The fourth-order valence-corrected chi connectivity index (χ4v) is 3.58. The molecular weight excluding hydrogens is 308 g/mol. The van der Waals surface area contributed by atoms with Crippen LogP contribution in [0.1, 0.15) is 51.8 Å². The zero-order valence-electron chi connectivity index (χ0n) is 16.5. The van der Waals surface area contributed by atoms with Gasteiger partial charge in [-0.15, -0.1) is 0 Å². The molecule has 0 aliphatic carbocycles. The number of amides is 2. The molecule has 134 valence electrons. The van der Waals surface area contributed by atoms with E-state index in [0.717, 1.165) is 16.8 Å². The number of aryl methyl sites for hydroxylation is 4. The lowest BCUT2D eigenvalue weighted by Crippen LogP contribution is -2.32. The van der Waals surface area contributed by atoms with Crippen molar-refractivity contribution in [3.05, 3.63) is 63.2 Å². The van der Waals surface area contributed by atoms with Crippen molar-refractivity contribution >= 4 is 11.7 Å². The van der Waals surface area contributed by atoms with E-state index in [0.29, 0.717) is 6.54 Å². The van der Waals surface area contributed by atoms with Crippen LogP contribution < -0.4 is 10.6 Å². The van der Waals surface area contributed by atoms with Crippen molar-refractivity contribution in [2.45, 2.75) is 54.4 Å². The Hall–Kier alpha value is -2.29. The van der Waals surface area contributed by atoms with E-state index < -0.39 is 0 Å². The molecule has 0 bridgehead atoms. The average Bonchev–Trinajstić information content (AvgIpc) is 2.54. The number of carbonyl (C=O) groups is 1. The van der Waals surface area contributed by atoms with Gasteiger partial charge in [-0.05, 0) is 86.4 Å². The summed E-state index contributed by atoms with van der Waals surface area (Å²) >= 11 is 0. The van der Waals surface area contributed by atoms with Crippen molar-refractivity contribution in [3.63, 3.8) is 0 Å². The van der Waals surface area contributed by atoms with Gasteiger partial charge in [0.15, 0.2) is 0 Å². The van der Waals surface area contributed by atoms with E-state index >= 15 is 0 Å². The molecule has 0 aromatic heterocycles. The first-order valence-corrected chi connectivity index (χ1v) is 8.90. The van der Waals surface area contributed by atoms with Gasteiger partial charge in [0.25, 0.3) is 0 Å². The maximum Gasteiger partial charge on any atom is 0.319 e. The number of anilines is 1. The normalized spacial score (nSPS) is 12.0. The lowest BCUT2D eigenvalue weighted by Gasteiger charge is -2.21. The number of rotatable bonds is 4. The summed E-state index contributed by atoms with van der Waals surface area (Å²) in [6.45, 7) is 15.5. The molecule has 2 N–H and O–H groups in total. The molecule has 0 radical (unpaired) electrons. The Morgan fingerprint density at radius 1 is 0.920 bits per heavy atom. The highest BCUT2D eigenvalue weighted by Gasteiger charge is 2.16. The van der Waals surface area contributed by atoms with Gasteiger partial charge in [-0.1, -0.05) is 31.2 Å².